The fraction of sp³-hybridized carbons (Fsp3) is 0.111. The van der Waals surface area contributed by atoms with Crippen molar-refractivity contribution in [2.45, 2.75) is 13.5 Å². The van der Waals surface area contributed by atoms with Crippen LogP contribution >= 0.6 is 12.2 Å². The maximum absolute atomic E-state index is 13.6. The molecule has 1 aromatic heterocycles. The average molecular weight is 358 g/mol. The van der Waals surface area contributed by atoms with Gasteiger partial charge in [0.15, 0.2) is 10.9 Å². The molecule has 2 N–H and O–H groups in total. The van der Waals surface area contributed by atoms with E-state index in [1.54, 1.807) is 10.7 Å². The highest BCUT2D eigenvalue weighted by Crippen LogP contribution is 2.15. The number of benzene rings is 2. The minimum Gasteiger partial charge on any atom is -0.330 e. The molecular formula is C18H16F2N4S. The van der Waals surface area contributed by atoms with Crippen LogP contribution in [0.5, 0.6) is 0 Å². The van der Waals surface area contributed by atoms with Crippen molar-refractivity contribution < 1.29 is 8.78 Å². The van der Waals surface area contributed by atoms with Crippen LogP contribution in [-0.2, 0) is 6.54 Å². The van der Waals surface area contributed by atoms with Gasteiger partial charge in [0.1, 0.15) is 11.6 Å². The highest BCUT2D eigenvalue weighted by atomic mass is 32.1. The summed E-state index contributed by atoms with van der Waals surface area (Å²) >= 11 is 5.13. The van der Waals surface area contributed by atoms with Gasteiger partial charge in [-0.25, -0.2) is 8.78 Å². The molecule has 0 spiro atoms. The van der Waals surface area contributed by atoms with Crippen LogP contribution in [0.3, 0.4) is 0 Å². The monoisotopic (exact) mass is 358 g/mol. The van der Waals surface area contributed by atoms with E-state index in [0.29, 0.717) is 12.4 Å². The van der Waals surface area contributed by atoms with Crippen molar-refractivity contribution in [3.8, 4) is 0 Å². The summed E-state index contributed by atoms with van der Waals surface area (Å²) in [5.74, 6) is -0.821. The summed E-state index contributed by atoms with van der Waals surface area (Å²) in [6, 6.07) is 13.2. The number of anilines is 2. The quantitative estimate of drug-likeness (QED) is 0.682. The van der Waals surface area contributed by atoms with Crippen LogP contribution in [0, 0.1) is 18.6 Å². The molecule has 0 radical (unpaired) electrons. The third-order valence-electron chi connectivity index (χ3n) is 3.53. The first-order valence-corrected chi connectivity index (χ1v) is 8.02. The standard InChI is InChI=1S/C18H16F2N4S/c1-12-2-4-13(5-3-12)11-24-9-8-17(23-24)22-18(25)21-16-7-6-14(19)10-15(16)20/h2-10H,11H2,1H3,(H2,21,22,23,25). The Morgan fingerprint density at radius 1 is 1.08 bits per heavy atom. The Kier molecular flexibility index (Phi) is 5.04. The van der Waals surface area contributed by atoms with Gasteiger partial charge >= 0.3 is 0 Å². The Morgan fingerprint density at radius 3 is 2.56 bits per heavy atom. The van der Waals surface area contributed by atoms with E-state index in [1.165, 1.54) is 11.6 Å². The highest BCUT2D eigenvalue weighted by Gasteiger charge is 2.07. The highest BCUT2D eigenvalue weighted by molar-refractivity contribution is 7.80. The molecule has 25 heavy (non-hydrogen) atoms. The summed E-state index contributed by atoms with van der Waals surface area (Å²) in [5.41, 5.74) is 2.43. The molecule has 4 nitrogen and oxygen atoms in total. The lowest BCUT2D eigenvalue weighted by Crippen LogP contribution is -2.20. The molecule has 2 aromatic carbocycles. The third-order valence-corrected chi connectivity index (χ3v) is 3.73. The molecule has 0 saturated carbocycles. The van der Waals surface area contributed by atoms with E-state index >= 15 is 0 Å². The summed E-state index contributed by atoms with van der Waals surface area (Å²) in [5, 5.41) is 10.1. The molecule has 0 saturated heterocycles. The zero-order chi connectivity index (χ0) is 17.8. The Hall–Kier alpha value is -2.80. The number of aryl methyl sites for hydroxylation is 1. The van der Waals surface area contributed by atoms with Crippen molar-refractivity contribution in [3.63, 3.8) is 0 Å². The van der Waals surface area contributed by atoms with E-state index in [1.807, 2.05) is 37.4 Å². The molecule has 0 amide bonds. The van der Waals surface area contributed by atoms with Crippen LogP contribution < -0.4 is 10.6 Å². The number of hydrogen-bond acceptors (Lipinski definition) is 2. The molecule has 0 fully saturated rings. The molecule has 0 aliphatic rings. The van der Waals surface area contributed by atoms with Gasteiger partial charge in [0.25, 0.3) is 0 Å². The molecule has 7 heteroatoms. The van der Waals surface area contributed by atoms with Gasteiger partial charge < -0.3 is 10.6 Å². The topological polar surface area (TPSA) is 41.9 Å². The SMILES string of the molecule is Cc1ccc(Cn2ccc(NC(=S)Nc3ccc(F)cc3F)n2)cc1. The largest absolute Gasteiger partial charge is 0.330 e. The maximum atomic E-state index is 13.6. The van der Waals surface area contributed by atoms with Gasteiger partial charge in [-0.05, 0) is 36.8 Å². The lowest BCUT2D eigenvalue weighted by Gasteiger charge is -2.09. The molecule has 0 aliphatic heterocycles. The van der Waals surface area contributed by atoms with Crippen LogP contribution in [0.15, 0.2) is 54.7 Å². The van der Waals surface area contributed by atoms with Gasteiger partial charge in [-0.3, -0.25) is 4.68 Å². The fourth-order valence-electron chi connectivity index (χ4n) is 2.26. The second kappa shape index (κ2) is 7.40. The van der Waals surface area contributed by atoms with Crippen LogP contribution in [-0.4, -0.2) is 14.9 Å². The van der Waals surface area contributed by atoms with Crippen molar-refractivity contribution >= 4 is 28.8 Å². The van der Waals surface area contributed by atoms with Gasteiger partial charge in [0.2, 0.25) is 0 Å². The van der Waals surface area contributed by atoms with Gasteiger partial charge in [0.05, 0.1) is 12.2 Å². The van der Waals surface area contributed by atoms with E-state index in [9.17, 15) is 8.78 Å². The van der Waals surface area contributed by atoms with Crippen LogP contribution in [0.1, 0.15) is 11.1 Å². The predicted octanol–water partition coefficient (Wildman–Crippen LogP) is 4.33. The molecular weight excluding hydrogens is 342 g/mol. The Labute approximate surface area is 149 Å². The third kappa shape index (κ3) is 4.60. The van der Waals surface area contributed by atoms with Crippen LogP contribution in [0.2, 0.25) is 0 Å². The van der Waals surface area contributed by atoms with Crippen molar-refractivity contribution in [2.24, 2.45) is 0 Å². The second-order valence-electron chi connectivity index (χ2n) is 5.59. The van der Waals surface area contributed by atoms with E-state index in [4.69, 9.17) is 12.2 Å². The minimum atomic E-state index is -0.714. The number of hydrogen-bond donors (Lipinski definition) is 2. The molecule has 0 aliphatic carbocycles. The minimum absolute atomic E-state index is 0.0954. The molecule has 3 aromatic rings. The number of rotatable bonds is 4. The van der Waals surface area contributed by atoms with Gasteiger partial charge in [-0.2, -0.15) is 5.10 Å². The summed E-state index contributed by atoms with van der Waals surface area (Å²) in [4.78, 5) is 0. The van der Waals surface area contributed by atoms with E-state index in [2.05, 4.69) is 15.7 Å². The number of halogens is 2. The summed E-state index contributed by atoms with van der Waals surface area (Å²) < 4.78 is 28.3. The van der Waals surface area contributed by atoms with Crippen molar-refractivity contribution in [3.05, 3.63) is 77.5 Å². The lowest BCUT2D eigenvalue weighted by atomic mass is 10.1. The van der Waals surface area contributed by atoms with E-state index < -0.39 is 11.6 Å². The number of nitrogens with zero attached hydrogens (tertiary/aromatic N) is 2. The second-order valence-corrected chi connectivity index (χ2v) is 6.00. The number of aromatic nitrogens is 2. The molecule has 128 valence electrons. The molecule has 0 bridgehead atoms. The number of nitrogens with one attached hydrogen (secondary N) is 2. The first-order chi connectivity index (χ1) is 12.0. The molecule has 0 atom stereocenters. The van der Waals surface area contributed by atoms with E-state index in [-0.39, 0.29) is 10.8 Å². The number of thiocarbonyl (C=S) groups is 1. The maximum Gasteiger partial charge on any atom is 0.176 e. The zero-order valence-corrected chi connectivity index (χ0v) is 14.3. The zero-order valence-electron chi connectivity index (χ0n) is 13.5. The summed E-state index contributed by atoms with van der Waals surface area (Å²) in [6.07, 6.45) is 1.82. The average Bonchev–Trinajstić information content (AvgIpc) is 2.99. The van der Waals surface area contributed by atoms with Crippen molar-refractivity contribution in [1.82, 2.24) is 9.78 Å². The molecule has 3 rings (SSSR count). The first kappa shape index (κ1) is 17.0. The van der Waals surface area contributed by atoms with Gasteiger partial charge in [0, 0.05) is 18.3 Å². The van der Waals surface area contributed by atoms with Gasteiger partial charge in [-0.15, -0.1) is 0 Å². The Morgan fingerprint density at radius 2 is 1.84 bits per heavy atom. The summed E-state index contributed by atoms with van der Waals surface area (Å²) in [7, 11) is 0. The van der Waals surface area contributed by atoms with Crippen LogP contribution in [0.25, 0.3) is 0 Å². The van der Waals surface area contributed by atoms with Gasteiger partial charge in [-0.1, -0.05) is 29.8 Å². The van der Waals surface area contributed by atoms with E-state index in [0.717, 1.165) is 17.7 Å². The smallest absolute Gasteiger partial charge is 0.176 e. The fourth-order valence-corrected chi connectivity index (χ4v) is 2.47. The Bertz CT molecular complexity index is 890. The van der Waals surface area contributed by atoms with Crippen molar-refractivity contribution in [1.29, 1.82) is 0 Å². The lowest BCUT2D eigenvalue weighted by molar-refractivity contribution is 0.586. The Balaban J connectivity index is 1.60. The molecule has 1 heterocycles. The summed E-state index contributed by atoms with van der Waals surface area (Å²) in [6.45, 7) is 2.67. The van der Waals surface area contributed by atoms with Crippen LogP contribution in [0.4, 0.5) is 20.3 Å². The first-order valence-electron chi connectivity index (χ1n) is 7.62. The predicted molar refractivity (Wildman–Crippen MR) is 98.7 cm³/mol. The molecule has 0 unspecified atom stereocenters. The van der Waals surface area contributed by atoms with Crippen molar-refractivity contribution in [2.75, 3.05) is 10.6 Å². The normalized spacial score (nSPS) is 10.5.